The average molecular weight is 356 g/mol. The minimum Gasteiger partial charge on any atom is -0.372 e. The number of aromatic nitrogens is 2. The zero-order valence-electron chi connectivity index (χ0n) is 16.9. The van der Waals surface area contributed by atoms with Gasteiger partial charge in [0.05, 0.1) is 0 Å². The fraction of sp³-hybridized carbons (Fsp3) is 0.524. The van der Waals surface area contributed by atoms with Crippen LogP contribution in [0.3, 0.4) is 0 Å². The summed E-state index contributed by atoms with van der Waals surface area (Å²) in [5, 5.41) is 6.85. The fourth-order valence-corrected chi connectivity index (χ4v) is 3.03. The molecule has 0 spiro atoms. The van der Waals surface area contributed by atoms with Crippen molar-refractivity contribution in [2.75, 3.05) is 35.2 Å². The largest absolute Gasteiger partial charge is 0.372 e. The van der Waals surface area contributed by atoms with Crippen molar-refractivity contribution in [1.29, 1.82) is 0 Å². The van der Waals surface area contributed by atoms with Crippen LogP contribution in [0.25, 0.3) is 0 Å². The Morgan fingerprint density at radius 1 is 0.923 bits per heavy atom. The highest BCUT2D eigenvalue weighted by Crippen LogP contribution is 2.25. The van der Waals surface area contributed by atoms with Crippen molar-refractivity contribution >= 4 is 23.0 Å². The maximum absolute atomic E-state index is 4.53. The van der Waals surface area contributed by atoms with Crippen molar-refractivity contribution in [3.8, 4) is 0 Å². The summed E-state index contributed by atoms with van der Waals surface area (Å²) in [6, 6.07) is 8.51. The lowest BCUT2D eigenvalue weighted by molar-refractivity contribution is 0.742. The maximum Gasteiger partial charge on any atom is 0.136 e. The van der Waals surface area contributed by atoms with Crippen LogP contribution in [0.2, 0.25) is 0 Å². The van der Waals surface area contributed by atoms with E-state index in [4.69, 9.17) is 0 Å². The van der Waals surface area contributed by atoms with E-state index in [9.17, 15) is 0 Å². The van der Waals surface area contributed by atoms with E-state index in [1.54, 1.807) is 0 Å². The molecule has 2 rings (SSSR count). The standard InChI is InChI=1S/C21H33N5/c1-6-9-10-13-22-20-15-21(24-17(5)23-20)25-19-12-11-18(14-16(19)4)26(7-2)8-3/h11-12,14-15H,6-10,13H2,1-5H3,(H2,22,23,24,25). The van der Waals surface area contributed by atoms with E-state index >= 15 is 0 Å². The molecule has 5 nitrogen and oxygen atoms in total. The Morgan fingerprint density at radius 3 is 2.31 bits per heavy atom. The van der Waals surface area contributed by atoms with Crippen molar-refractivity contribution in [3.63, 3.8) is 0 Å². The second kappa shape index (κ2) is 10.00. The summed E-state index contributed by atoms with van der Waals surface area (Å²) in [5.74, 6) is 2.48. The first-order chi connectivity index (χ1) is 12.6. The number of nitrogens with zero attached hydrogens (tertiary/aromatic N) is 3. The summed E-state index contributed by atoms with van der Waals surface area (Å²) in [4.78, 5) is 11.4. The van der Waals surface area contributed by atoms with E-state index in [-0.39, 0.29) is 0 Å². The smallest absolute Gasteiger partial charge is 0.136 e. The lowest BCUT2D eigenvalue weighted by Gasteiger charge is -2.22. The first-order valence-corrected chi connectivity index (χ1v) is 9.79. The topological polar surface area (TPSA) is 53.1 Å². The zero-order chi connectivity index (χ0) is 18.9. The zero-order valence-corrected chi connectivity index (χ0v) is 16.9. The SMILES string of the molecule is CCCCCNc1cc(Nc2ccc(N(CC)CC)cc2C)nc(C)n1. The molecule has 0 radical (unpaired) electrons. The quantitative estimate of drug-likeness (QED) is 0.568. The molecule has 0 amide bonds. The molecule has 142 valence electrons. The third-order valence-electron chi connectivity index (χ3n) is 4.53. The molecular weight excluding hydrogens is 322 g/mol. The monoisotopic (exact) mass is 355 g/mol. The third-order valence-corrected chi connectivity index (χ3v) is 4.53. The van der Waals surface area contributed by atoms with E-state index in [0.717, 1.165) is 49.2 Å². The van der Waals surface area contributed by atoms with Crippen LogP contribution in [0.5, 0.6) is 0 Å². The number of nitrogens with one attached hydrogen (secondary N) is 2. The van der Waals surface area contributed by atoms with Gasteiger partial charge in [-0.15, -0.1) is 0 Å². The normalized spacial score (nSPS) is 10.7. The summed E-state index contributed by atoms with van der Waals surface area (Å²) < 4.78 is 0. The van der Waals surface area contributed by atoms with Crippen molar-refractivity contribution < 1.29 is 0 Å². The Balaban J connectivity index is 2.11. The van der Waals surface area contributed by atoms with Gasteiger partial charge >= 0.3 is 0 Å². The maximum atomic E-state index is 4.53. The molecular formula is C21H33N5. The molecule has 0 saturated carbocycles. The summed E-state index contributed by atoms with van der Waals surface area (Å²) in [7, 11) is 0. The van der Waals surface area contributed by atoms with Crippen LogP contribution < -0.4 is 15.5 Å². The molecule has 1 aromatic carbocycles. The van der Waals surface area contributed by atoms with Gasteiger partial charge in [-0.25, -0.2) is 9.97 Å². The molecule has 0 saturated heterocycles. The van der Waals surface area contributed by atoms with E-state index < -0.39 is 0 Å². The van der Waals surface area contributed by atoms with Gasteiger partial charge in [0.25, 0.3) is 0 Å². The summed E-state index contributed by atoms with van der Waals surface area (Å²) >= 11 is 0. The number of unbranched alkanes of at least 4 members (excludes halogenated alkanes) is 2. The van der Waals surface area contributed by atoms with Gasteiger partial charge < -0.3 is 15.5 Å². The number of aryl methyl sites for hydroxylation is 2. The van der Waals surface area contributed by atoms with Gasteiger partial charge in [0, 0.05) is 37.1 Å². The number of hydrogen-bond donors (Lipinski definition) is 2. The van der Waals surface area contributed by atoms with E-state index in [1.807, 2.05) is 13.0 Å². The van der Waals surface area contributed by atoms with Crippen LogP contribution in [0.1, 0.15) is 51.4 Å². The Kier molecular flexibility index (Phi) is 7.70. The highest BCUT2D eigenvalue weighted by Gasteiger charge is 2.07. The average Bonchev–Trinajstić information content (AvgIpc) is 2.62. The van der Waals surface area contributed by atoms with Crippen LogP contribution >= 0.6 is 0 Å². The van der Waals surface area contributed by atoms with Gasteiger partial charge in [0.1, 0.15) is 17.5 Å². The summed E-state index contributed by atoms with van der Waals surface area (Å²) in [6.45, 7) is 13.6. The molecule has 5 heteroatoms. The molecule has 0 aliphatic carbocycles. The molecule has 1 aromatic heterocycles. The molecule has 1 heterocycles. The van der Waals surface area contributed by atoms with Crippen LogP contribution in [-0.4, -0.2) is 29.6 Å². The predicted molar refractivity (Wildman–Crippen MR) is 113 cm³/mol. The summed E-state index contributed by atoms with van der Waals surface area (Å²) in [6.07, 6.45) is 3.62. The van der Waals surface area contributed by atoms with Crippen molar-refractivity contribution in [3.05, 3.63) is 35.7 Å². The van der Waals surface area contributed by atoms with Gasteiger partial charge in [-0.2, -0.15) is 0 Å². The summed E-state index contributed by atoms with van der Waals surface area (Å²) in [5.41, 5.74) is 3.55. The second-order valence-corrected chi connectivity index (χ2v) is 6.62. The highest BCUT2D eigenvalue weighted by molar-refractivity contribution is 5.66. The molecule has 0 bridgehead atoms. The molecule has 0 unspecified atom stereocenters. The van der Waals surface area contributed by atoms with Crippen LogP contribution in [-0.2, 0) is 0 Å². The Bertz CT molecular complexity index is 695. The Hall–Kier alpha value is -2.30. The fourth-order valence-electron chi connectivity index (χ4n) is 3.03. The van der Waals surface area contributed by atoms with Crippen LogP contribution in [0, 0.1) is 13.8 Å². The van der Waals surface area contributed by atoms with E-state index in [0.29, 0.717) is 0 Å². The molecule has 0 aliphatic rings. The lowest BCUT2D eigenvalue weighted by atomic mass is 10.1. The van der Waals surface area contributed by atoms with Gasteiger partial charge in [0.2, 0.25) is 0 Å². The number of rotatable bonds is 10. The minimum absolute atomic E-state index is 0.769. The molecule has 0 atom stereocenters. The highest BCUT2D eigenvalue weighted by atomic mass is 15.1. The van der Waals surface area contributed by atoms with Crippen LogP contribution in [0.4, 0.5) is 23.0 Å². The number of anilines is 4. The second-order valence-electron chi connectivity index (χ2n) is 6.62. The Morgan fingerprint density at radius 2 is 1.65 bits per heavy atom. The van der Waals surface area contributed by atoms with Gasteiger partial charge in [-0.1, -0.05) is 19.8 Å². The van der Waals surface area contributed by atoms with Gasteiger partial charge in [-0.05, 0) is 57.9 Å². The Labute approximate surface area is 158 Å². The molecule has 26 heavy (non-hydrogen) atoms. The number of hydrogen-bond acceptors (Lipinski definition) is 5. The first kappa shape index (κ1) is 20.0. The van der Waals surface area contributed by atoms with Crippen LogP contribution in [0.15, 0.2) is 24.3 Å². The third kappa shape index (κ3) is 5.61. The molecule has 0 aliphatic heterocycles. The van der Waals surface area contributed by atoms with Gasteiger partial charge in [0.15, 0.2) is 0 Å². The van der Waals surface area contributed by atoms with Gasteiger partial charge in [-0.3, -0.25) is 0 Å². The van der Waals surface area contributed by atoms with E-state index in [1.165, 1.54) is 24.1 Å². The molecule has 2 aromatic rings. The van der Waals surface area contributed by atoms with E-state index in [2.05, 4.69) is 71.4 Å². The van der Waals surface area contributed by atoms with Crippen molar-refractivity contribution in [1.82, 2.24) is 9.97 Å². The lowest BCUT2D eigenvalue weighted by Crippen LogP contribution is -2.21. The minimum atomic E-state index is 0.769. The molecule has 0 fully saturated rings. The number of benzene rings is 1. The van der Waals surface area contributed by atoms with Crippen molar-refractivity contribution in [2.24, 2.45) is 0 Å². The molecule has 2 N–H and O–H groups in total. The van der Waals surface area contributed by atoms with Crippen molar-refractivity contribution in [2.45, 2.75) is 53.9 Å². The predicted octanol–water partition coefficient (Wildman–Crippen LogP) is 5.29. The first-order valence-electron chi connectivity index (χ1n) is 9.79.